The van der Waals surface area contributed by atoms with Gasteiger partial charge in [-0.25, -0.2) is 0 Å². The zero-order valence-electron chi connectivity index (χ0n) is 17.9. The predicted molar refractivity (Wildman–Crippen MR) is 116 cm³/mol. The summed E-state index contributed by atoms with van der Waals surface area (Å²) in [4.78, 5) is 19.6. The maximum Gasteiger partial charge on any atom is 0.184 e. The summed E-state index contributed by atoms with van der Waals surface area (Å²) in [5.41, 5.74) is 5.77. The molecule has 0 spiro atoms. The molecule has 3 rings (SSSR count). The molecule has 0 saturated heterocycles. The molecule has 1 saturated carbocycles. The highest BCUT2D eigenvalue weighted by atomic mass is 16.1. The third kappa shape index (κ3) is 4.46. The Bertz CT molecular complexity index is 767. The molecule has 152 valence electrons. The van der Waals surface area contributed by atoms with Crippen molar-refractivity contribution < 1.29 is 4.79 Å². The van der Waals surface area contributed by atoms with Crippen LogP contribution in [0.1, 0.15) is 40.0 Å². The Morgan fingerprint density at radius 2 is 2.18 bits per heavy atom. The largest absolute Gasteiger partial charge is 0.387 e. The number of nitrogens with zero attached hydrogens (tertiary/aromatic N) is 2. The Balaban J connectivity index is 1.72. The van der Waals surface area contributed by atoms with Gasteiger partial charge in [0.25, 0.3) is 0 Å². The highest BCUT2D eigenvalue weighted by molar-refractivity contribution is 6.47. The second-order valence-corrected chi connectivity index (χ2v) is 8.24. The number of carbonyl (C=O) groups excluding carboxylic acids is 1. The zero-order valence-corrected chi connectivity index (χ0v) is 17.9. The molecular formula is C23H34N4O. The van der Waals surface area contributed by atoms with Gasteiger partial charge in [0.1, 0.15) is 5.71 Å². The molecule has 0 aromatic carbocycles. The van der Waals surface area contributed by atoms with Crippen molar-refractivity contribution in [1.29, 1.82) is 0 Å². The molecule has 2 aliphatic heterocycles. The van der Waals surface area contributed by atoms with Crippen LogP contribution in [-0.4, -0.2) is 49.6 Å². The summed E-state index contributed by atoms with van der Waals surface area (Å²) in [6, 6.07) is -0.000818. The molecular weight excluding hydrogens is 348 g/mol. The topological polar surface area (TPSA) is 56.7 Å². The van der Waals surface area contributed by atoms with E-state index in [1.807, 2.05) is 33.2 Å². The quantitative estimate of drug-likeness (QED) is 0.677. The fraction of sp³-hybridized carbons (Fsp3) is 0.565. The van der Waals surface area contributed by atoms with Crippen LogP contribution in [0.25, 0.3) is 0 Å². The SMILES string of the molecule is CCC(C)C(=O)C1=NC=CC(NC)/C1=C\NCC1=CC(C)=C(C2CC2)N(C)C1. The highest BCUT2D eigenvalue weighted by Gasteiger charge is 2.31. The van der Waals surface area contributed by atoms with E-state index in [0.29, 0.717) is 5.71 Å². The normalized spacial score (nSPS) is 25.0. The second kappa shape index (κ2) is 8.91. The molecule has 2 N–H and O–H groups in total. The number of nitrogens with one attached hydrogen (secondary N) is 2. The molecule has 2 unspecified atom stereocenters. The van der Waals surface area contributed by atoms with E-state index in [4.69, 9.17) is 0 Å². The van der Waals surface area contributed by atoms with Crippen molar-refractivity contribution in [3.63, 3.8) is 0 Å². The van der Waals surface area contributed by atoms with Crippen molar-refractivity contribution in [2.24, 2.45) is 16.8 Å². The molecule has 5 nitrogen and oxygen atoms in total. The van der Waals surface area contributed by atoms with Gasteiger partial charge in [0.2, 0.25) is 0 Å². The van der Waals surface area contributed by atoms with E-state index in [2.05, 4.69) is 40.6 Å². The van der Waals surface area contributed by atoms with E-state index in [0.717, 1.165) is 31.0 Å². The third-order valence-electron chi connectivity index (χ3n) is 5.92. The Morgan fingerprint density at radius 3 is 2.79 bits per heavy atom. The average Bonchev–Trinajstić information content (AvgIpc) is 3.51. The molecule has 1 aliphatic carbocycles. The number of ketones is 1. The van der Waals surface area contributed by atoms with Crippen molar-refractivity contribution in [3.05, 3.63) is 47.0 Å². The van der Waals surface area contributed by atoms with E-state index in [-0.39, 0.29) is 17.7 Å². The van der Waals surface area contributed by atoms with Gasteiger partial charge in [-0.2, -0.15) is 0 Å². The van der Waals surface area contributed by atoms with Crippen LogP contribution in [0.2, 0.25) is 0 Å². The second-order valence-electron chi connectivity index (χ2n) is 8.24. The lowest BCUT2D eigenvalue weighted by Crippen LogP contribution is -2.37. The smallest absolute Gasteiger partial charge is 0.184 e. The molecule has 3 aliphatic rings. The van der Waals surface area contributed by atoms with Gasteiger partial charge >= 0.3 is 0 Å². The van der Waals surface area contributed by atoms with Gasteiger partial charge in [0, 0.05) is 49.7 Å². The number of hydrogen-bond acceptors (Lipinski definition) is 5. The van der Waals surface area contributed by atoms with Crippen LogP contribution < -0.4 is 10.6 Å². The minimum atomic E-state index is -0.0190. The fourth-order valence-electron chi connectivity index (χ4n) is 4.07. The van der Waals surface area contributed by atoms with Gasteiger partial charge in [-0.1, -0.05) is 19.9 Å². The Hall–Kier alpha value is -2.14. The molecule has 0 bridgehead atoms. The number of allylic oxidation sites excluding steroid dienone is 3. The van der Waals surface area contributed by atoms with Crippen molar-refractivity contribution in [3.8, 4) is 0 Å². The summed E-state index contributed by atoms with van der Waals surface area (Å²) in [6.07, 6.45) is 11.5. The Kier molecular flexibility index (Phi) is 6.55. The average molecular weight is 383 g/mol. The van der Waals surface area contributed by atoms with Crippen molar-refractivity contribution in [2.45, 2.75) is 46.1 Å². The number of rotatable bonds is 8. The monoisotopic (exact) mass is 382 g/mol. The van der Waals surface area contributed by atoms with Gasteiger partial charge < -0.3 is 15.5 Å². The third-order valence-corrected chi connectivity index (χ3v) is 5.92. The predicted octanol–water partition coefficient (Wildman–Crippen LogP) is 3.19. The molecule has 1 fully saturated rings. The van der Waals surface area contributed by atoms with E-state index < -0.39 is 0 Å². The van der Waals surface area contributed by atoms with Crippen LogP contribution in [0.4, 0.5) is 0 Å². The zero-order chi connectivity index (χ0) is 20.3. The number of likely N-dealkylation sites (N-methyl/N-ethyl adjacent to an activating group) is 2. The first kappa shape index (κ1) is 20.6. The lowest BCUT2D eigenvalue weighted by atomic mass is 9.91. The summed E-state index contributed by atoms with van der Waals surface area (Å²) < 4.78 is 0. The molecule has 2 heterocycles. The number of aliphatic imine (C=N–C) groups is 1. The van der Waals surface area contributed by atoms with Crippen molar-refractivity contribution in [2.75, 3.05) is 27.2 Å². The van der Waals surface area contributed by atoms with Gasteiger partial charge in [-0.3, -0.25) is 9.79 Å². The summed E-state index contributed by atoms with van der Waals surface area (Å²) in [5.74, 6) is 0.868. The standard InChI is InChI=1S/C23H34N4O/c1-6-15(2)23(28)21-19(20(24-4)9-10-26-21)13-25-12-17-11-16(3)22(18-7-8-18)27(5)14-17/h9-11,13,15,18,20,24-25H,6-8,12,14H2,1-5H3/b19-13+. The summed E-state index contributed by atoms with van der Waals surface area (Å²) in [7, 11) is 4.10. The van der Waals surface area contributed by atoms with E-state index in [9.17, 15) is 4.79 Å². The molecule has 0 radical (unpaired) electrons. The van der Waals surface area contributed by atoms with Crippen LogP contribution in [0, 0.1) is 11.8 Å². The minimum Gasteiger partial charge on any atom is -0.387 e. The molecule has 0 aromatic heterocycles. The number of Topliss-reactive ketones (excluding diaryl/α,β-unsaturated/α-hetero) is 1. The lowest BCUT2D eigenvalue weighted by molar-refractivity contribution is -0.116. The van der Waals surface area contributed by atoms with Gasteiger partial charge in [-0.15, -0.1) is 0 Å². The van der Waals surface area contributed by atoms with Crippen molar-refractivity contribution >= 4 is 11.5 Å². The van der Waals surface area contributed by atoms with Crippen LogP contribution >= 0.6 is 0 Å². The minimum absolute atomic E-state index is 0.000818. The summed E-state index contributed by atoms with van der Waals surface area (Å²) in [6.45, 7) is 7.96. The highest BCUT2D eigenvalue weighted by Crippen LogP contribution is 2.41. The van der Waals surface area contributed by atoms with Gasteiger partial charge in [0.05, 0.1) is 6.04 Å². The van der Waals surface area contributed by atoms with E-state index in [1.54, 1.807) is 6.20 Å². The Labute approximate surface area is 169 Å². The maximum absolute atomic E-state index is 12.8. The number of hydrogen-bond donors (Lipinski definition) is 2. The number of carbonyl (C=O) groups is 1. The molecule has 28 heavy (non-hydrogen) atoms. The van der Waals surface area contributed by atoms with Gasteiger partial charge in [0.15, 0.2) is 5.78 Å². The summed E-state index contributed by atoms with van der Waals surface area (Å²) >= 11 is 0. The molecule has 0 amide bonds. The molecule has 2 atom stereocenters. The van der Waals surface area contributed by atoms with E-state index in [1.165, 1.54) is 29.7 Å². The van der Waals surface area contributed by atoms with Crippen LogP contribution in [0.5, 0.6) is 0 Å². The van der Waals surface area contributed by atoms with Crippen LogP contribution in [0.15, 0.2) is 52.0 Å². The first-order valence-corrected chi connectivity index (χ1v) is 10.5. The van der Waals surface area contributed by atoms with Gasteiger partial charge in [-0.05, 0) is 56.4 Å². The summed E-state index contributed by atoms with van der Waals surface area (Å²) in [5, 5.41) is 6.71. The van der Waals surface area contributed by atoms with Crippen LogP contribution in [-0.2, 0) is 4.79 Å². The first-order valence-electron chi connectivity index (χ1n) is 10.5. The molecule has 0 aromatic rings. The Morgan fingerprint density at radius 1 is 1.43 bits per heavy atom. The first-order chi connectivity index (χ1) is 13.5. The van der Waals surface area contributed by atoms with Crippen LogP contribution in [0.3, 0.4) is 0 Å². The molecule has 5 heteroatoms. The van der Waals surface area contributed by atoms with Crippen molar-refractivity contribution in [1.82, 2.24) is 15.5 Å². The maximum atomic E-state index is 12.8. The van der Waals surface area contributed by atoms with E-state index >= 15 is 0 Å². The lowest BCUT2D eigenvalue weighted by Gasteiger charge is -2.30. The fourth-order valence-corrected chi connectivity index (χ4v) is 4.07.